The van der Waals surface area contributed by atoms with Crippen molar-refractivity contribution in [3.05, 3.63) is 0 Å². The van der Waals surface area contributed by atoms with Crippen molar-refractivity contribution in [1.29, 1.82) is 0 Å². The normalized spacial score (nSPS) is 16.7. The highest BCUT2D eigenvalue weighted by Gasteiger charge is 2.20. The van der Waals surface area contributed by atoms with Crippen LogP contribution < -0.4 is 10.0 Å². The molecule has 1 saturated heterocycles. The molecule has 122 valence electrons. The summed E-state index contributed by atoms with van der Waals surface area (Å²) in [5.74, 6) is -0.825. The largest absolute Gasteiger partial charge is 0.481 e. The number of amides is 2. The molecule has 0 aromatic rings. The number of urea groups is 1. The molecule has 21 heavy (non-hydrogen) atoms. The summed E-state index contributed by atoms with van der Waals surface area (Å²) in [7, 11) is -3.24. The number of carbonyl (C=O) groups is 2. The summed E-state index contributed by atoms with van der Waals surface area (Å²) >= 11 is 0. The predicted octanol–water partition coefficient (Wildman–Crippen LogP) is -1.66. The fourth-order valence-corrected chi connectivity index (χ4v) is 2.42. The lowest BCUT2D eigenvalue weighted by Crippen LogP contribution is -2.52. The van der Waals surface area contributed by atoms with Gasteiger partial charge in [-0.15, -0.1) is 0 Å². The van der Waals surface area contributed by atoms with E-state index in [1.165, 1.54) is 0 Å². The zero-order valence-electron chi connectivity index (χ0n) is 12.0. The molecule has 10 heteroatoms. The van der Waals surface area contributed by atoms with Gasteiger partial charge in [-0.1, -0.05) is 0 Å². The molecule has 0 atom stereocenters. The van der Waals surface area contributed by atoms with Gasteiger partial charge in [0.05, 0.1) is 12.7 Å². The number of hydrogen-bond acceptors (Lipinski definition) is 5. The summed E-state index contributed by atoms with van der Waals surface area (Å²) in [5, 5.41) is 11.2. The third-order valence-corrected chi connectivity index (χ3v) is 3.80. The van der Waals surface area contributed by atoms with Crippen molar-refractivity contribution in [2.45, 2.75) is 6.42 Å². The second kappa shape index (κ2) is 8.15. The molecule has 0 spiro atoms. The van der Waals surface area contributed by atoms with Crippen LogP contribution in [-0.4, -0.2) is 87.4 Å². The van der Waals surface area contributed by atoms with Gasteiger partial charge in [-0.05, 0) is 0 Å². The molecule has 0 radical (unpaired) electrons. The zero-order chi connectivity index (χ0) is 15.9. The average Bonchev–Trinajstić information content (AvgIpc) is 2.40. The quantitative estimate of drug-likeness (QED) is 0.483. The Bertz CT molecular complexity index is 459. The molecule has 1 aliphatic rings. The van der Waals surface area contributed by atoms with Crippen LogP contribution >= 0.6 is 0 Å². The second-order valence-electron chi connectivity index (χ2n) is 4.87. The maximum Gasteiger partial charge on any atom is 0.317 e. The molecule has 0 aromatic carbocycles. The van der Waals surface area contributed by atoms with E-state index in [4.69, 9.17) is 5.11 Å². The Balaban J connectivity index is 2.18. The third-order valence-electron chi connectivity index (χ3n) is 3.07. The first kappa shape index (κ1) is 17.7. The number of nitrogens with zero attached hydrogens (tertiary/aromatic N) is 2. The average molecular weight is 322 g/mol. The van der Waals surface area contributed by atoms with Crippen LogP contribution in [0.25, 0.3) is 0 Å². The van der Waals surface area contributed by atoms with E-state index in [1.54, 1.807) is 4.90 Å². The van der Waals surface area contributed by atoms with Crippen molar-refractivity contribution < 1.29 is 23.1 Å². The fourth-order valence-electron chi connectivity index (χ4n) is 1.95. The first-order valence-electron chi connectivity index (χ1n) is 6.69. The van der Waals surface area contributed by atoms with E-state index in [1.807, 2.05) is 4.90 Å². The monoisotopic (exact) mass is 322 g/mol. The van der Waals surface area contributed by atoms with Crippen molar-refractivity contribution in [3.8, 4) is 0 Å². The minimum Gasteiger partial charge on any atom is -0.481 e. The summed E-state index contributed by atoms with van der Waals surface area (Å²) in [6.07, 6.45) is 1.16. The highest BCUT2D eigenvalue weighted by molar-refractivity contribution is 7.88. The lowest BCUT2D eigenvalue weighted by molar-refractivity contribution is -0.137. The van der Waals surface area contributed by atoms with Crippen LogP contribution in [-0.2, 0) is 14.8 Å². The van der Waals surface area contributed by atoms with Gasteiger partial charge in [0.15, 0.2) is 0 Å². The van der Waals surface area contributed by atoms with E-state index in [9.17, 15) is 18.0 Å². The van der Waals surface area contributed by atoms with Crippen LogP contribution in [0.5, 0.6) is 0 Å². The molecule has 1 aliphatic heterocycles. The molecule has 9 nitrogen and oxygen atoms in total. The maximum atomic E-state index is 11.8. The van der Waals surface area contributed by atoms with Crippen LogP contribution in [0.4, 0.5) is 4.79 Å². The number of rotatable bonds is 7. The Labute approximate surface area is 124 Å². The number of nitrogens with one attached hydrogen (secondary N) is 2. The van der Waals surface area contributed by atoms with Gasteiger partial charge in [-0.25, -0.2) is 17.9 Å². The first-order valence-corrected chi connectivity index (χ1v) is 8.58. The number of sulfonamides is 1. The second-order valence-corrected chi connectivity index (χ2v) is 6.70. The molecule has 3 N–H and O–H groups in total. The molecular formula is C11H22N4O5S. The van der Waals surface area contributed by atoms with E-state index < -0.39 is 16.0 Å². The number of piperazine rings is 1. The Kier molecular flexibility index (Phi) is 6.85. The summed E-state index contributed by atoms with van der Waals surface area (Å²) in [4.78, 5) is 25.9. The Hall–Kier alpha value is -1.39. The van der Waals surface area contributed by atoms with E-state index >= 15 is 0 Å². The van der Waals surface area contributed by atoms with E-state index in [0.29, 0.717) is 32.7 Å². The summed E-state index contributed by atoms with van der Waals surface area (Å²) in [5.41, 5.74) is 0. The topological polar surface area (TPSA) is 119 Å². The molecule has 0 aromatic heterocycles. The smallest absolute Gasteiger partial charge is 0.317 e. The van der Waals surface area contributed by atoms with Gasteiger partial charge in [-0.3, -0.25) is 9.69 Å². The van der Waals surface area contributed by atoms with Gasteiger partial charge in [0.2, 0.25) is 10.0 Å². The van der Waals surface area contributed by atoms with E-state index in [0.717, 1.165) is 6.26 Å². The number of carboxylic acid groups (broad SMARTS) is 1. The Morgan fingerprint density at radius 3 is 2.29 bits per heavy atom. The van der Waals surface area contributed by atoms with Crippen molar-refractivity contribution >= 4 is 22.0 Å². The van der Waals surface area contributed by atoms with Crippen molar-refractivity contribution in [2.75, 3.05) is 52.1 Å². The number of carboxylic acids is 1. The highest BCUT2D eigenvalue weighted by Crippen LogP contribution is 2.02. The third kappa shape index (κ3) is 7.83. The Morgan fingerprint density at radius 1 is 1.14 bits per heavy atom. The maximum absolute atomic E-state index is 11.8. The molecule has 0 unspecified atom stereocenters. The van der Waals surface area contributed by atoms with Gasteiger partial charge < -0.3 is 15.3 Å². The summed E-state index contributed by atoms with van der Waals surface area (Å²) in [6.45, 7) is 3.22. The molecule has 1 heterocycles. The Morgan fingerprint density at radius 2 is 1.76 bits per heavy atom. The van der Waals surface area contributed by atoms with Crippen LogP contribution in [0, 0.1) is 0 Å². The predicted molar refractivity (Wildman–Crippen MR) is 76.5 cm³/mol. The molecule has 0 bridgehead atoms. The lowest BCUT2D eigenvalue weighted by Gasteiger charge is -2.34. The molecular weight excluding hydrogens is 300 g/mol. The highest BCUT2D eigenvalue weighted by atomic mass is 32.2. The van der Waals surface area contributed by atoms with E-state index in [-0.39, 0.29) is 25.5 Å². The van der Waals surface area contributed by atoms with Gasteiger partial charge >= 0.3 is 12.0 Å². The fraction of sp³-hybridized carbons (Fsp3) is 0.818. The summed E-state index contributed by atoms with van der Waals surface area (Å²) < 4.78 is 24.0. The minimum absolute atomic E-state index is 0.101. The van der Waals surface area contributed by atoms with Crippen LogP contribution in [0.3, 0.4) is 0 Å². The first-order chi connectivity index (χ1) is 9.78. The van der Waals surface area contributed by atoms with Crippen molar-refractivity contribution in [3.63, 3.8) is 0 Å². The SMILES string of the molecule is CS(=O)(=O)NCCNC(=O)N1CCN(CCC(=O)O)CC1. The summed E-state index contributed by atoms with van der Waals surface area (Å²) in [6, 6.07) is -0.233. The van der Waals surface area contributed by atoms with Gasteiger partial charge in [0, 0.05) is 45.8 Å². The lowest BCUT2D eigenvalue weighted by atomic mass is 10.3. The van der Waals surface area contributed by atoms with Gasteiger partial charge in [-0.2, -0.15) is 0 Å². The number of hydrogen-bond donors (Lipinski definition) is 3. The molecule has 1 rings (SSSR count). The minimum atomic E-state index is -3.24. The number of aliphatic carboxylic acids is 1. The van der Waals surface area contributed by atoms with Gasteiger partial charge in [0.25, 0.3) is 0 Å². The van der Waals surface area contributed by atoms with Crippen molar-refractivity contribution in [1.82, 2.24) is 19.8 Å². The number of carbonyl (C=O) groups excluding carboxylic acids is 1. The van der Waals surface area contributed by atoms with Crippen LogP contribution in [0.1, 0.15) is 6.42 Å². The van der Waals surface area contributed by atoms with Crippen LogP contribution in [0.15, 0.2) is 0 Å². The molecule has 0 aliphatic carbocycles. The molecule has 0 saturated carbocycles. The standard InChI is InChI=1S/C11H22N4O5S/c1-21(19,20)13-4-3-12-11(18)15-8-6-14(7-9-15)5-2-10(16)17/h13H,2-9H2,1H3,(H,12,18)(H,16,17). The van der Waals surface area contributed by atoms with Crippen molar-refractivity contribution in [2.24, 2.45) is 0 Å². The molecule has 2 amide bonds. The molecule has 1 fully saturated rings. The van der Waals surface area contributed by atoms with Gasteiger partial charge in [0.1, 0.15) is 0 Å². The van der Waals surface area contributed by atoms with Crippen LogP contribution in [0.2, 0.25) is 0 Å². The zero-order valence-corrected chi connectivity index (χ0v) is 12.9. The van der Waals surface area contributed by atoms with E-state index in [2.05, 4.69) is 10.0 Å².